The first-order valence-electron chi connectivity index (χ1n) is 6.35. The Morgan fingerprint density at radius 1 is 1.35 bits per heavy atom. The van der Waals surface area contributed by atoms with Gasteiger partial charge in [-0.05, 0) is 37.0 Å². The van der Waals surface area contributed by atoms with Crippen molar-refractivity contribution in [1.29, 1.82) is 0 Å². The molecule has 0 unspecified atom stereocenters. The van der Waals surface area contributed by atoms with Gasteiger partial charge in [-0.15, -0.1) is 0 Å². The first-order valence-corrected chi connectivity index (χ1v) is 7.79. The second-order valence-corrected chi connectivity index (χ2v) is 6.94. The van der Waals surface area contributed by atoms with Gasteiger partial charge in [0.05, 0.1) is 5.56 Å². The van der Waals surface area contributed by atoms with Crippen molar-refractivity contribution in [1.82, 2.24) is 4.31 Å². The Morgan fingerprint density at radius 3 is 2.45 bits per heavy atom. The van der Waals surface area contributed by atoms with E-state index in [0.717, 1.165) is 31.0 Å². The van der Waals surface area contributed by atoms with E-state index in [2.05, 4.69) is 0 Å². The summed E-state index contributed by atoms with van der Waals surface area (Å²) >= 11 is 0. The van der Waals surface area contributed by atoms with Crippen LogP contribution in [0, 0.1) is 11.7 Å². The van der Waals surface area contributed by atoms with Crippen LogP contribution < -0.4 is 0 Å². The standard InChI is InChI=1S/C13H16FNO4S/c1-9-4-6-15(7-5-9)20(18,19)12-3-2-10(13(16)17)8-11(12)14/h2-3,8-9H,4-7H2,1H3,(H,16,17). The molecule has 0 amide bonds. The van der Waals surface area contributed by atoms with Crippen LogP contribution in [0.1, 0.15) is 30.1 Å². The van der Waals surface area contributed by atoms with Gasteiger partial charge in [-0.25, -0.2) is 17.6 Å². The minimum atomic E-state index is -3.89. The summed E-state index contributed by atoms with van der Waals surface area (Å²) in [5.41, 5.74) is -0.270. The Hall–Kier alpha value is -1.47. The third kappa shape index (κ3) is 2.83. The van der Waals surface area contributed by atoms with E-state index < -0.39 is 26.7 Å². The van der Waals surface area contributed by atoms with Crippen molar-refractivity contribution in [3.05, 3.63) is 29.6 Å². The minimum Gasteiger partial charge on any atom is -0.478 e. The molecule has 1 N–H and O–H groups in total. The van der Waals surface area contributed by atoms with E-state index >= 15 is 0 Å². The number of hydrogen-bond donors (Lipinski definition) is 1. The van der Waals surface area contributed by atoms with E-state index in [9.17, 15) is 17.6 Å². The van der Waals surface area contributed by atoms with E-state index in [4.69, 9.17) is 5.11 Å². The third-order valence-corrected chi connectivity index (χ3v) is 5.47. The molecule has 0 aromatic heterocycles. The SMILES string of the molecule is CC1CCN(S(=O)(=O)c2ccc(C(=O)O)cc2F)CC1. The highest BCUT2D eigenvalue weighted by molar-refractivity contribution is 7.89. The van der Waals surface area contributed by atoms with Crippen molar-refractivity contribution in [2.24, 2.45) is 5.92 Å². The fraction of sp³-hybridized carbons (Fsp3) is 0.462. The van der Waals surface area contributed by atoms with Crippen LogP contribution in [-0.4, -0.2) is 36.9 Å². The molecular weight excluding hydrogens is 285 g/mol. The maximum atomic E-state index is 13.9. The average molecular weight is 301 g/mol. The Labute approximate surface area is 117 Å². The van der Waals surface area contributed by atoms with E-state index in [1.165, 1.54) is 4.31 Å². The number of halogens is 1. The van der Waals surface area contributed by atoms with Crippen LogP contribution in [0.15, 0.2) is 23.1 Å². The third-order valence-electron chi connectivity index (χ3n) is 3.54. The number of benzene rings is 1. The smallest absolute Gasteiger partial charge is 0.335 e. The van der Waals surface area contributed by atoms with E-state index in [-0.39, 0.29) is 5.56 Å². The van der Waals surface area contributed by atoms with Gasteiger partial charge in [0.1, 0.15) is 10.7 Å². The number of carbonyl (C=O) groups is 1. The quantitative estimate of drug-likeness (QED) is 0.926. The van der Waals surface area contributed by atoms with Crippen LogP contribution in [0.3, 0.4) is 0 Å². The van der Waals surface area contributed by atoms with Gasteiger partial charge in [0.15, 0.2) is 0 Å². The average Bonchev–Trinajstić information content (AvgIpc) is 2.38. The summed E-state index contributed by atoms with van der Waals surface area (Å²) in [6, 6.07) is 2.86. The molecule has 1 saturated heterocycles. The Kier molecular flexibility index (Phi) is 4.10. The molecule has 0 bridgehead atoms. The number of carboxylic acid groups (broad SMARTS) is 1. The van der Waals surface area contributed by atoms with Crippen LogP contribution in [-0.2, 0) is 10.0 Å². The van der Waals surface area contributed by atoms with Crippen molar-refractivity contribution in [3.63, 3.8) is 0 Å². The summed E-state index contributed by atoms with van der Waals surface area (Å²) in [5, 5.41) is 8.75. The number of nitrogens with zero attached hydrogens (tertiary/aromatic N) is 1. The van der Waals surface area contributed by atoms with Crippen LogP contribution >= 0.6 is 0 Å². The van der Waals surface area contributed by atoms with Crippen molar-refractivity contribution < 1.29 is 22.7 Å². The number of aromatic carboxylic acids is 1. The molecule has 1 aromatic rings. The Balaban J connectivity index is 2.32. The monoisotopic (exact) mass is 301 g/mol. The maximum Gasteiger partial charge on any atom is 0.335 e. The normalized spacial score (nSPS) is 18.1. The molecule has 7 heteroatoms. The van der Waals surface area contributed by atoms with Crippen molar-refractivity contribution in [2.45, 2.75) is 24.7 Å². The van der Waals surface area contributed by atoms with Gasteiger partial charge >= 0.3 is 5.97 Å². The van der Waals surface area contributed by atoms with Gasteiger partial charge < -0.3 is 5.11 Å². The number of piperidine rings is 1. The first kappa shape index (κ1) is 14.9. The molecule has 0 atom stereocenters. The predicted octanol–water partition coefficient (Wildman–Crippen LogP) is 1.94. The predicted molar refractivity (Wildman–Crippen MR) is 70.5 cm³/mol. The van der Waals surface area contributed by atoms with Gasteiger partial charge in [-0.3, -0.25) is 0 Å². The molecular formula is C13H16FNO4S. The molecule has 20 heavy (non-hydrogen) atoms. The molecule has 1 fully saturated rings. The summed E-state index contributed by atoms with van der Waals surface area (Å²) < 4.78 is 39.8. The van der Waals surface area contributed by atoms with Gasteiger partial charge in [-0.1, -0.05) is 6.92 Å². The summed E-state index contributed by atoms with van der Waals surface area (Å²) in [6.07, 6.45) is 1.49. The van der Waals surface area contributed by atoms with Gasteiger partial charge in [0.2, 0.25) is 10.0 Å². The summed E-state index contributed by atoms with van der Waals surface area (Å²) in [4.78, 5) is 10.3. The van der Waals surface area contributed by atoms with Crippen LogP contribution in [0.4, 0.5) is 4.39 Å². The molecule has 0 aliphatic carbocycles. The van der Waals surface area contributed by atoms with Gasteiger partial charge in [-0.2, -0.15) is 4.31 Å². The van der Waals surface area contributed by atoms with Crippen LogP contribution in [0.25, 0.3) is 0 Å². The fourth-order valence-electron chi connectivity index (χ4n) is 2.21. The fourth-order valence-corrected chi connectivity index (χ4v) is 3.72. The number of carboxylic acids is 1. The molecule has 0 spiro atoms. The van der Waals surface area contributed by atoms with E-state index in [0.29, 0.717) is 19.0 Å². The van der Waals surface area contributed by atoms with Crippen LogP contribution in [0.5, 0.6) is 0 Å². The van der Waals surface area contributed by atoms with E-state index in [1.807, 2.05) is 6.92 Å². The largest absolute Gasteiger partial charge is 0.478 e. The number of rotatable bonds is 3. The topological polar surface area (TPSA) is 74.7 Å². The lowest BCUT2D eigenvalue weighted by atomic mass is 10.0. The lowest BCUT2D eigenvalue weighted by Crippen LogP contribution is -2.38. The lowest BCUT2D eigenvalue weighted by Gasteiger charge is -2.29. The zero-order chi connectivity index (χ0) is 14.9. The molecule has 0 radical (unpaired) electrons. The molecule has 1 aliphatic heterocycles. The molecule has 1 aromatic carbocycles. The molecule has 2 rings (SSSR count). The molecule has 1 heterocycles. The van der Waals surface area contributed by atoms with Crippen molar-refractivity contribution in [2.75, 3.05) is 13.1 Å². The zero-order valence-electron chi connectivity index (χ0n) is 11.0. The molecule has 110 valence electrons. The highest BCUT2D eigenvalue weighted by Gasteiger charge is 2.30. The molecule has 1 aliphatic rings. The second kappa shape index (κ2) is 5.49. The van der Waals surface area contributed by atoms with E-state index in [1.54, 1.807) is 0 Å². The Bertz CT molecular complexity index is 621. The molecule has 5 nitrogen and oxygen atoms in total. The summed E-state index contributed by atoms with van der Waals surface area (Å²) in [7, 11) is -3.89. The second-order valence-electron chi connectivity index (χ2n) is 5.04. The molecule has 0 saturated carbocycles. The first-order chi connectivity index (χ1) is 9.32. The van der Waals surface area contributed by atoms with Crippen molar-refractivity contribution in [3.8, 4) is 0 Å². The Morgan fingerprint density at radius 2 is 1.95 bits per heavy atom. The zero-order valence-corrected chi connectivity index (χ0v) is 11.9. The number of sulfonamides is 1. The lowest BCUT2D eigenvalue weighted by molar-refractivity contribution is 0.0696. The highest BCUT2D eigenvalue weighted by atomic mass is 32.2. The number of hydrogen-bond acceptors (Lipinski definition) is 3. The maximum absolute atomic E-state index is 13.9. The summed E-state index contributed by atoms with van der Waals surface area (Å²) in [6.45, 7) is 2.78. The minimum absolute atomic E-state index is 0.270. The summed E-state index contributed by atoms with van der Waals surface area (Å²) in [5.74, 6) is -1.86. The van der Waals surface area contributed by atoms with Gasteiger partial charge in [0, 0.05) is 13.1 Å². The highest BCUT2D eigenvalue weighted by Crippen LogP contribution is 2.25. The van der Waals surface area contributed by atoms with Gasteiger partial charge in [0.25, 0.3) is 0 Å². The van der Waals surface area contributed by atoms with Crippen molar-refractivity contribution >= 4 is 16.0 Å². The van der Waals surface area contributed by atoms with Crippen LogP contribution in [0.2, 0.25) is 0 Å².